The minimum absolute atomic E-state index is 0.0486. The zero-order valence-electron chi connectivity index (χ0n) is 6.05. The van der Waals surface area contributed by atoms with Gasteiger partial charge < -0.3 is 15.5 Å². The van der Waals surface area contributed by atoms with Crippen LogP contribution in [0.5, 0.6) is 0 Å². The molecule has 58 valence electrons. The number of amides is 2. The first-order valence-electron chi connectivity index (χ1n) is 3.70. The Kier molecular flexibility index (Phi) is 1.10. The molecule has 2 rings (SSSR count). The van der Waals surface area contributed by atoms with Crippen LogP contribution in [0.4, 0.5) is 4.79 Å². The Morgan fingerprint density at radius 2 is 2.36 bits per heavy atom. The summed E-state index contributed by atoms with van der Waals surface area (Å²) < 4.78 is 0. The predicted molar refractivity (Wildman–Crippen MR) is 38.9 cm³/mol. The maximum Gasteiger partial charge on any atom is 0.315 e. The van der Waals surface area contributed by atoms with Crippen LogP contribution < -0.4 is 10.6 Å². The fourth-order valence-corrected chi connectivity index (χ4v) is 1.45. The number of hydrogen-bond acceptors (Lipinski definition) is 1. The fraction of sp³-hybridized carbons (Fsp3) is 0.714. The van der Waals surface area contributed by atoms with Crippen molar-refractivity contribution in [3.63, 3.8) is 0 Å². The molecule has 1 saturated carbocycles. The zero-order valence-corrected chi connectivity index (χ0v) is 6.05. The molecule has 0 aromatic carbocycles. The van der Waals surface area contributed by atoms with Crippen molar-refractivity contribution in [3.05, 3.63) is 11.4 Å². The van der Waals surface area contributed by atoms with Gasteiger partial charge in [-0.1, -0.05) is 0 Å². The van der Waals surface area contributed by atoms with E-state index in [2.05, 4.69) is 15.5 Å². The lowest BCUT2D eigenvalue weighted by atomic mass is 10.1. The Bertz CT molecular complexity index is 239. The minimum Gasteiger partial charge on any atom is -0.336 e. The lowest BCUT2D eigenvalue weighted by molar-refractivity contribution is 0.247. The molecule has 2 amide bonds. The summed E-state index contributed by atoms with van der Waals surface area (Å²) in [7, 11) is 0. The van der Waals surface area contributed by atoms with E-state index in [1.54, 1.807) is 0 Å². The van der Waals surface area contributed by atoms with E-state index in [1.807, 2.05) is 0 Å². The summed E-state index contributed by atoms with van der Waals surface area (Å²) >= 11 is 0. The predicted octanol–water partition coefficient (Wildman–Crippen LogP) is 0.120. The zero-order chi connectivity index (χ0) is 7.90. The van der Waals surface area contributed by atoms with Crippen LogP contribution in [0.15, 0.2) is 0 Å². The van der Waals surface area contributed by atoms with Gasteiger partial charge in [-0.2, -0.15) is 0 Å². The maximum absolute atomic E-state index is 10.7. The van der Waals surface area contributed by atoms with Gasteiger partial charge in [-0.05, 0) is 0 Å². The SMILES string of the molecule is [C-]#[N+]C1([C@H]2CNC(=O)N2)CC1. The van der Waals surface area contributed by atoms with E-state index < -0.39 is 0 Å². The van der Waals surface area contributed by atoms with Crippen LogP contribution in [-0.2, 0) is 0 Å². The molecule has 1 aliphatic heterocycles. The number of nitrogens with zero attached hydrogens (tertiary/aromatic N) is 1. The van der Waals surface area contributed by atoms with E-state index in [4.69, 9.17) is 6.57 Å². The molecule has 0 bridgehead atoms. The van der Waals surface area contributed by atoms with Crippen molar-refractivity contribution >= 4 is 6.03 Å². The van der Waals surface area contributed by atoms with Crippen LogP contribution >= 0.6 is 0 Å². The molecule has 0 spiro atoms. The maximum atomic E-state index is 10.7. The van der Waals surface area contributed by atoms with E-state index >= 15 is 0 Å². The Morgan fingerprint density at radius 1 is 1.64 bits per heavy atom. The summed E-state index contributed by atoms with van der Waals surface area (Å²) in [5, 5.41) is 5.40. The molecule has 2 aliphatic rings. The molecular formula is C7H9N3O. The second-order valence-corrected chi connectivity index (χ2v) is 3.12. The monoisotopic (exact) mass is 151 g/mol. The summed E-state index contributed by atoms with van der Waals surface area (Å²) in [4.78, 5) is 14.3. The summed E-state index contributed by atoms with van der Waals surface area (Å²) in [6, 6.07) is -0.0857. The highest BCUT2D eigenvalue weighted by molar-refractivity contribution is 5.77. The Labute approximate surface area is 64.8 Å². The van der Waals surface area contributed by atoms with Crippen LogP contribution in [0.2, 0.25) is 0 Å². The quantitative estimate of drug-likeness (QED) is 0.514. The summed E-state index contributed by atoms with van der Waals surface area (Å²) in [6.07, 6.45) is 1.87. The molecule has 0 unspecified atom stereocenters. The topological polar surface area (TPSA) is 45.5 Å². The molecule has 0 aromatic rings. The molecule has 4 nitrogen and oxygen atoms in total. The highest BCUT2D eigenvalue weighted by Crippen LogP contribution is 2.43. The normalized spacial score (nSPS) is 31.9. The van der Waals surface area contributed by atoms with E-state index in [0.29, 0.717) is 6.54 Å². The number of nitrogens with one attached hydrogen (secondary N) is 2. The van der Waals surface area contributed by atoms with Gasteiger partial charge >= 0.3 is 6.03 Å². The van der Waals surface area contributed by atoms with E-state index in [9.17, 15) is 4.79 Å². The molecule has 0 radical (unpaired) electrons. The summed E-state index contributed by atoms with van der Waals surface area (Å²) in [5.74, 6) is 0. The van der Waals surface area contributed by atoms with Crippen molar-refractivity contribution in [1.82, 2.24) is 10.6 Å². The van der Waals surface area contributed by atoms with Gasteiger partial charge in [0.1, 0.15) is 6.04 Å². The molecular weight excluding hydrogens is 142 g/mol. The standard InChI is InChI=1S/C7H9N3O/c1-8-7(2-3-7)5-4-9-6(11)10-5/h5H,2-4H2,(H2,9,10,11)/t5-/m1/s1. The molecule has 2 N–H and O–H groups in total. The highest BCUT2D eigenvalue weighted by Gasteiger charge is 2.59. The van der Waals surface area contributed by atoms with Gasteiger partial charge in [-0.15, -0.1) is 0 Å². The third-order valence-corrected chi connectivity index (χ3v) is 2.41. The van der Waals surface area contributed by atoms with E-state index in [-0.39, 0.29) is 17.6 Å². The van der Waals surface area contributed by atoms with Crippen LogP contribution in [0.1, 0.15) is 12.8 Å². The van der Waals surface area contributed by atoms with Crippen LogP contribution in [-0.4, -0.2) is 24.2 Å². The summed E-state index contributed by atoms with van der Waals surface area (Å²) in [5.41, 5.74) is -0.251. The number of rotatable bonds is 1. The second-order valence-electron chi connectivity index (χ2n) is 3.12. The first-order valence-corrected chi connectivity index (χ1v) is 3.70. The molecule has 1 atom stereocenters. The molecule has 1 aliphatic carbocycles. The van der Waals surface area contributed by atoms with Gasteiger partial charge in [0.15, 0.2) is 0 Å². The van der Waals surface area contributed by atoms with Crippen molar-refractivity contribution in [2.24, 2.45) is 0 Å². The van der Waals surface area contributed by atoms with Crippen molar-refractivity contribution in [2.75, 3.05) is 6.54 Å². The lowest BCUT2D eigenvalue weighted by Gasteiger charge is -2.08. The second kappa shape index (κ2) is 1.88. The van der Waals surface area contributed by atoms with Crippen LogP contribution in [0, 0.1) is 6.57 Å². The Balaban J connectivity index is 2.08. The smallest absolute Gasteiger partial charge is 0.315 e. The van der Waals surface area contributed by atoms with E-state index in [0.717, 1.165) is 12.8 Å². The fourth-order valence-electron chi connectivity index (χ4n) is 1.45. The van der Waals surface area contributed by atoms with Gasteiger partial charge in [-0.3, -0.25) is 0 Å². The highest BCUT2D eigenvalue weighted by atomic mass is 16.2. The van der Waals surface area contributed by atoms with Crippen LogP contribution in [0.25, 0.3) is 4.85 Å². The number of carbonyl (C=O) groups excluding carboxylic acids is 1. The van der Waals surface area contributed by atoms with Crippen molar-refractivity contribution in [3.8, 4) is 0 Å². The number of hydrogen-bond donors (Lipinski definition) is 2. The number of carbonyl (C=O) groups is 1. The first-order chi connectivity index (χ1) is 5.27. The van der Waals surface area contributed by atoms with Gasteiger partial charge in [0.05, 0.1) is 0 Å². The number of urea groups is 1. The molecule has 1 saturated heterocycles. The summed E-state index contributed by atoms with van der Waals surface area (Å²) in [6.45, 7) is 7.56. The van der Waals surface area contributed by atoms with Gasteiger partial charge in [0.25, 0.3) is 5.54 Å². The average molecular weight is 151 g/mol. The van der Waals surface area contributed by atoms with E-state index in [1.165, 1.54) is 0 Å². The molecule has 0 aromatic heterocycles. The van der Waals surface area contributed by atoms with Crippen molar-refractivity contribution in [2.45, 2.75) is 24.4 Å². The van der Waals surface area contributed by atoms with Crippen LogP contribution in [0.3, 0.4) is 0 Å². The molecule has 11 heavy (non-hydrogen) atoms. The molecule has 1 heterocycles. The van der Waals surface area contributed by atoms with Gasteiger partial charge in [0.2, 0.25) is 0 Å². The third-order valence-electron chi connectivity index (χ3n) is 2.41. The largest absolute Gasteiger partial charge is 0.336 e. The lowest BCUT2D eigenvalue weighted by Crippen LogP contribution is -2.37. The van der Waals surface area contributed by atoms with Crippen molar-refractivity contribution < 1.29 is 4.79 Å². The molecule has 2 fully saturated rings. The third kappa shape index (κ3) is 0.845. The first kappa shape index (κ1) is 6.47. The Morgan fingerprint density at radius 3 is 2.73 bits per heavy atom. The Hall–Kier alpha value is -1.24. The van der Waals surface area contributed by atoms with Crippen molar-refractivity contribution in [1.29, 1.82) is 0 Å². The average Bonchev–Trinajstić information content (AvgIpc) is 2.70. The molecule has 4 heteroatoms. The van der Waals surface area contributed by atoms with Gasteiger partial charge in [-0.25, -0.2) is 11.4 Å². The minimum atomic E-state index is -0.251. The van der Waals surface area contributed by atoms with Gasteiger partial charge in [0, 0.05) is 19.4 Å².